The van der Waals surface area contributed by atoms with E-state index in [0.717, 1.165) is 5.56 Å². The topological polar surface area (TPSA) is 106 Å². The van der Waals surface area contributed by atoms with Gasteiger partial charge in [0, 0.05) is 68.0 Å². The zero-order valence-corrected chi connectivity index (χ0v) is 26.2. The van der Waals surface area contributed by atoms with Gasteiger partial charge in [-0.05, 0) is 63.1 Å². The molecule has 1 N–H and O–H groups in total. The molecule has 2 fully saturated rings. The molecule has 4 aromatic rings. The number of carbonyl (C=O) groups is 1. The second-order valence-corrected chi connectivity index (χ2v) is 13.8. The molecule has 45 heavy (non-hydrogen) atoms. The minimum Gasteiger partial charge on any atom is -0.387 e. The number of aromatic nitrogens is 2. The van der Waals surface area contributed by atoms with E-state index in [1.807, 2.05) is 22.9 Å². The van der Waals surface area contributed by atoms with Crippen molar-refractivity contribution in [2.45, 2.75) is 38.4 Å². The van der Waals surface area contributed by atoms with E-state index < -0.39 is 17.5 Å². The van der Waals surface area contributed by atoms with Crippen LogP contribution in [0.5, 0.6) is 0 Å². The highest BCUT2D eigenvalue weighted by molar-refractivity contribution is 7.16. The van der Waals surface area contributed by atoms with Crippen molar-refractivity contribution >= 4 is 44.7 Å². The lowest BCUT2D eigenvalue weighted by molar-refractivity contribution is -0.165. The van der Waals surface area contributed by atoms with Gasteiger partial charge >= 0.3 is 0 Å². The third-order valence-corrected chi connectivity index (χ3v) is 10.4. The van der Waals surface area contributed by atoms with E-state index >= 15 is 4.39 Å². The maximum absolute atomic E-state index is 15.9. The molecule has 0 saturated carbocycles. The van der Waals surface area contributed by atoms with E-state index in [2.05, 4.69) is 16.0 Å². The molecule has 3 aliphatic rings. The monoisotopic (exact) mass is 630 g/mol. The number of nitrogens with zero attached hydrogens (tertiary/aromatic N) is 6. The number of benzene rings is 2. The number of halogens is 2. The molecular weight excluding hydrogens is 598 g/mol. The van der Waals surface area contributed by atoms with Crippen LogP contribution in [0, 0.1) is 28.4 Å². The Morgan fingerprint density at radius 1 is 1.18 bits per heavy atom. The van der Waals surface area contributed by atoms with Crippen LogP contribution in [0.15, 0.2) is 36.4 Å². The smallest absolute Gasteiger partial charge is 0.254 e. The summed E-state index contributed by atoms with van der Waals surface area (Å²) in [6.45, 7) is 6.18. The SMILES string of the molecule is COC(C)(C)C(=O)N1CC2(C1)CN(c1cc(F)c3nc4c(c(N(C)c5nc(-c6ccc(F)cc6)c(C#N)s5)c3c1)CCC4O)C2. The normalized spacial score (nSPS) is 18.5. The van der Waals surface area contributed by atoms with Gasteiger partial charge in [0.2, 0.25) is 0 Å². The maximum atomic E-state index is 15.9. The molecule has 0 bridgehead atoms. The number of ether oxygens (including phenoxy) is 1. The summed E-state index contributed by atoms with van der Waals surface area (Å²) in [6.07, 6.45) is 0.222. The van der Waals surface area contributed by atoms with Gasteiger partial charge in [0.05, 0.1) is 17.5 Å². The van der Waals surface area contributed by atoms with E-state index in [0.29, 0.717) is 82.7 Å². The van der Waals surface area contributed by atoms with E-state index in [9.17, 15) is 19.6 Å². The van der Waals surface area contributed by atoms with Crippen LogP contribution in [-0.4, -0.2) is 71.8 Å². The highest BCUT2D eigenvalue weighted by Crippen LogP contribution is 2.48. The van der Waals surface area contributed by atoms with Crippen molar-refractivity contribution in [2.24, 2.45) is 5.41 Å². The van der Waals surface area contributed by atoms with E-state index in [1.165, 1.54) is 36.6 Å². The summed E-state index contributed by atoms with van der Waals surface area (Å²) in [6, 6.07) is 11.5. The van der Waals surface area contributed by atoms with Gasteiger partial charge in [0.15, 0.2) is 10.9 Å². The van der Waals surface area contributed by atoms with Gasteiger partial charge in [0.1, 0.15) is 33.6 Å². The molecule has 1 unspecified atom stereocenters. The molecule has 2 aromatic carbocycles. The molecule has 0 radical (unpaired) electrons. The van der Waals surface area contributed by atoms with Gasteiger partial charge in [-0.25, -0.2) is 18.7 Å². The summed E-state index contributed by atoms with van der Waals surface area (Å²) in [7, 11) is 3.35. The first kappa shape index (κ1) is 29.5. The predicted molar refractivity (Wildman–Crippen MR) is 168 cm³/mol. The zero-order valence-electron chi connectivity index (χ0n) is 25.4. The zero-order chi connectivity index (χ0) is 31.8. The second-order valence-electron chi connectivity index (χ2n) is 12.8. The second kappa shape index (κ2) is 10.4. The first-order chi connectivity index (χ1) is 21.4. The number of nitriles is 1. The average Bonchev–Trinajstić information content (AvgIpc) is 3.58. The summed E-state index contributed by atoms with van der Waals surface area (Å²) in [5, 5.41) is 21.7. The predicted octanol–water partition coefficient (Wildman–Crippen LogP) is 5.33. The molecule has 2 aromatic heterocycles. The number of thiazole rings is 1. The Kier molecular flexibility index (Phi) is 6.85. The van der Waals surface area contributed by atoms with Crippen LogP contribution >= 0.6 is 11.3 Å². The number of anilines is 3. The molecule has 1 aliphatic carbocycles. The lowest BCUT2D eigenvalue weighted by Crippen LogP contribution is -2.74. The van der Waals surface area contributed by atoms with Crippen LogP contribution in [-0.2, 0) is 16.0 Å². The number of methoxy groups -OCH3 is 1. The molecule has 232 valence electrons. The number of fused-ring (bicyclic) bond motifs is 2. The number of hydrogen-bond donors (Lipinski definition) is 1. The molecule has 2 saturated heterocycles. The Morgan fingerprint density at radius 3 is 2.56 bits per heavy atom. The Morgan fingerprint density at radius 2 is 1.89 bits per heavy atom. The fourth-order valence-corrected chi connectivity index (χ4v) is 7.66. The fraction of sp³-hybridized carbons (Fsp3) is 0.394. The maximum Gasteiger partial charge on any atom is 0.254 e. The first-order valence-corrected chi connectivity index (χ1v) is 15.6. The van der Waals surface area contributed by atoms with Crippen molar-refractivity contribution in [3.8, 4) is 17.3 Å². The van der Waals surface area contributed by atoms with Crippen molar-refractivity contribution in [3.05, 3.63) is 64.2 Å². The molecular formula is C33H32F2N6O3S. The molecule has 4 heterocycles. The molecule has 1 amide bonds. The Bertz CT molecular complexity index is 1890. The highest BCUT2D eigenvalue weighted by Gasteiger charge is 2.55. The lowest BCUT2D eigenvalue weighted by atomic mass is 9.72. The Balaban J connectivity index is 1.24. The fourth-order valence-electron chi connectivity index (χ4n) is 6.80. The van der Waals surface area contributed by atoms with Crippen LogP contribution in [0.3, 0.4) is 0 Å². The van der Waals surface area contributed by atoms with E-state index in [1.54, 1.807) is 26.0 Å². The summed E-state index contributed by atoms with van der Waals surface area (Å²) in [4.78, 5) is 28.3. The quantitative estimate of drug-likeness (QED) is 0.305. The molecule has 9 nitrogen and oxygen atoms in total. The van der Waals surface area contributed by atoms with Crippen LogP contribution in [0.1, 0.15) is 42.5 Å². The molecule has 1 spiro atoms. The minimum absolute atomic E-state index is 0.0316. The van der Waals surface area contributed by atoms with Crippen molar-refractivity contribution in [2.75, 3.05) is 50.1 Å². The largest absolute Gasteiger partial charge is 0.387 e. The summed E-state index contributed by atoms with van der Waals surface area (Å²) in [5.74, 6) is -0.910. The molecule has 7 rings (SSSR count). The molecule has 1 atom stereocenters. The lowest BCUT2D eigenvalue weighted by Gasteiger charge is -2.61. The Labute approximate surface area is 263 Å². The van der Waals surface area contributed by atoms with Crippen molar-refractivity contribution in [1.82, 2.24) is 14.9 Å². The average molecular weight is 631 g/mol. The van der Waals surface area contributed by atoms with Crippen molar-refractivity contribution in [1.29, 1.82) is 5.26 Å². The number of hydrogen-bond acceptors (Lipinski definition) is 9. The van der Waals surface area contributed by atoms with Gasteiger partial charge in [-0.2, -0.15) is 5.26 Å². The summed E-state index contributed by atoms with van der Waals surface area (Å²) < 4.78 is 34.8. The molecule has 2 aliphatic heterocycles. The highest BCUT2D eigenvalue weighted by atomic mass is 32.1. The van der Waals surface area contributed by atoms with Gasteiger partial charge in [-0.1, -0.05) is 11.3 Å². The van der Waals surface area contributed by atoms with Crippen LogP contribution in [0.4, 0.5) is 25.3 Å². The Hall–Kier alpha value is -4.18. The molecule has 12 heteroatoms. The van der Waals surface area contributed by atoms with Gasteiger partial charge in [0.25, 0.3) is 5.91 Å². The van der Waals surface area contributed by atoms with Crippen LogP contribution in [0.25, 0.3) is 22.2 Å². The standard InChI is InChI=1S/C33H32F2N6O3S/c1-32(2,44-4)30(43)41-16-33(17-41)14-40(15-33)20-11-22-27(23(35)12-20)37-28-21(9-10-24(28)42)29(22)39(3)31-38-26(25(13-36)45-31)18-5-7-19(34)8-6-18/h5-8,11-12,24,42H,9-10,14-17H2,1-4H3. The van der Waals surface area contributed by atoms with E-state index in [4.69, 9.17) is 9.72 Å². The third kappa shape index (κ3) is 4.72. The number of carbonyl (C=O) groups excluding carboxylic acids is 1. The van der Waals surface area contributed by atoms with Gasteiger partial charge in [-0.3, -0.25) is 4.79 Å². The minimum atomic E-state index is -0.874. The van der Waals surface area contributed by atoms with Crippen LogP contribution in [0.2, 0.25) is 0 Å². The number of amides is 1. The number of rotatable bonds is 6. The third-order valence-electron chi connectivity index (χ3n) is 9.35. The van der Waals surface area contributed by atoms with E-state index in [-0.39, 0.29) is 22.7 Å². The number of likely N-dealkylation sites (tertiary alicyclic amines) is 1. The van der Waals surface area contributed by atoms with Crippen LogP contribution < -0.4 is 9.80 Å². The van der Waals surface area contributed by atoms with Gasteiger partial charge < -0.3 is 24.5 Å². The van der Waals surface area contributed by atoms with Crippen molar-refractivity contribution < 1.29 is 23.4 Å². The number of pyridine rings is 1. The first-order valence-electron chi connectivity index (χ1n) is 14.8. The van der Waals surface area contributed by atoms with Gasteiger partial charge in [-0.15, -0.1) is 0 Å². The summed E-state index contributed by atoms with van der Waals surface area (Å²) >= 11 is 1.19. The number of aliphatic hydroxyl groups is 1. The van der Waals surface area contributed by atoms with Crippen molar-refractivity contribution in [3.63, 3.8) is 0 Å². The number of aliphatic hydroxyl groups excluding tert-OH is 1. The summed E-state index contributed by atoms with van der Waals surface area (Å²) in [5.41, 5.74) is 2.99.